The van der Waals surface area contributed by atoms with Crippen molar-refractivity contribution in [2.75, 3.05) is 6.61 Å². The summed E-state index contributed by atoms with van der Waals surface area (Å²) in [6.07, 6.45) is 0. The predicted octanol–water partition coefficient (Wildman–Crippen LogP) is -1.94. The number of sulfonamides is 2. The zero-order chi connectivity index (χ0) is 15.6. The molecule has 20 heavy (non-hydrogen) atoms. The molecule has 0 radical (unpaired) electrons. The van der Waals surface area contributed by atoms with E-state index in [1.807, 2.05) is 0 Å². The number of carboxylic acids is 1. The Balaban J connectivity index is 3.20. The summed E-state index contributed by atoms with van der Waals surface area (Å²) in [4.78, 5) is 9.75. The quantitative estimate of drug-likeness (QED) is 0.472. The van der Waals surface area contributed by atoms with Gasteiger partial charge >= 0.3 is 5.97 Å². The van der Waals surface area contributed by atoms with E-state index in [-0.39, 0.29) is 0 Å². The van der Waals surface area contributed by atoms with Gasteiger partial charge in [0, 0.05) is 0 Å². The van der Waals surface area contributed by atoms with Gasteiger partial charge in [0.25, 0.3) is 0 Å². The summed E-state index contributed by atoms with van der Waals surface area (Å²) < 4.78 is 47.7. The molecular weight excluding hydrogens is 312 g/mol. The fourth-order valence-corrected chi connectivity index (χ4v) is 3.10. The first-order valence-corrected chi connectivity index (χ1v) is 8.10. The van der Waals surface area contributed by atoms with Crippen LogP contribution in [0.3, 0.4) is 0 Å². The number of hydrogen-bond acceptors (Lipinski definition) is 6. The van der Waals surface area contributed by atoms with Crippen LogP contribution in [0.15, 0.2) is 34.1 Å². The fraction of sp³-hybridized carbons (Fsp3) is 0.222. The van der Waals surface area contributed by atoms with E-state index in [1.54, 1.807) is 4.72 Å². The molecule has 5 N–H and O–H groups in total. The Morgan fingerprint density at radius 1 is 1.25 bits per heavy atom. The van der Waals surface area contributed by atoms with Crippen molar-refractivity contribution in [3.05, 3.63) is 24.3 Å². The van der Waals surface area contributed by atoms with Crippen molar-refractivity contribution in [1.29, 1.82) is 0 Å². The van der Waals surface area contributed by atoms with Crippen LogP contribution in [0.2, 0.25) is 0 Å². The number of aliphatic hydroxyl groups is 1. The molecule has 0 aliphatic carbocycles. The molecule has 0 aliphatic rings. The van der Waals surface area contributed by atoms with E-state index in [9.17, 15) is 21.6 Å². The van der Waals surface area contributed by atoms with Crippen LogP contribution in [0.4, 0.5) is 0 Å². The number of benzene rings is 1. The number of rotatable bonds is 6. The van der Waals surface area contributed by atoms with Crippen LogP contribution in [0.5, 0.6) is 0 Å². The maximum atomic E-state index is 11.9. The molecule has 0 unspecified atom stereocenters. The van der Waals surface area contributed by atoms with Gasteiger partial charge in [0.15, 0.2) is 0 Å². The van der Waals surface area contributed by atoms with Gasteiger partial charge in [0.1, 0.15) is 6.04 Å². The average Bonchev–Trinajstić information content (AvgIpc) is 2.35. The maximum Gasteiger partial charge on any atom is 0.324 e. The van der Waals surface area contributed by atoms with Crippen LogP contribution >= 0.6 is 0 Å². The Kier molecular flexibility index (Phi) is 4.83. The Morgan fingerprint density at radius 2 is 1.80 bits per heavy atom. The van der Waals surface area contributed by atoms with Crippen molar-refractivity contribution in [2.45, 2.75) is 15.8 Å². The molecule has 0 saturated heterocycles. The summed E-state index contributed by atoms with van der Waals surface area (Å²) in [5.41, 5.74) is 0. The molecule has 0 bridgehead atoms. The van der Waals surface area contributed by atoms with Gasteiger partial charge in [-0.25, -0.2) is 22.0 Å². The highest BCUT2D eigenvalue weighted by Crippen LogP contribution is 2.14. The number of carbonyl (C=O) groups is 1. The molecule has 1 aromatic carbocycles. The molecule has 1 aromatic rings. The minimum atomic E-state index is -4.31. The molecule has 112 valence electrons. The second-order valence-electron chi connectivity index (χ2n) is 3.71. The lowest BCUT2D eigenvalue weighted by Crippen LogP contribution is -2.43. The summed E-state index contributed by atoms with van der Waals surface area (Å²) in [5, 5.41) is 22.3. The van der Waals surface area contributed by atoms with Crippen LogP contribution in [-0.2, 0) is 24.8 Å². The van der Waals surface area contributed by atoms with E-state index in [0.717, 1.165) is 24.3 Å². The van der Waals surface area contributed by atoms with Gasteiger partial charge in [-0.05, 0) is 18.2 Å². The number of nitrogens with one attached hydrogen (secondary N) is 1. The summed E-state index contributed by atoms with van der Waals surface area (Å²) in [5.74, 6) is -1.57. The Morgan fingerprint density at radius 3 is 2.25 bits per heavy atom. The second-order valence-corrected chi connectivity index (χ2v) is 6.99. The monoisotopic (exact) mass is 324 g/mol. The van der Waals surface area contributed by atoms with E-state index in [4.69, 9.17) is 15.4 Å². The number of aliphatic hydroxyl groups excluding tert-OH is 1. The van der Waals surface area contributed by atoms with Gasteiger partial charge in [-0.2, -0.15) is 4.72 Å². The third-order valence-electron chi connectivity index (χ3n) is 2.22. The Hall–Kier alpha value is -1.53. The van der Waals surface area contributed by atoms with E-state index >= 15 is 0 Å². The lowest BCUT2D eigenvalue weighted by Gasteiger charge is -2.12. The van der Waals surface area contributed by atoms with Gasteiger partial charge in [-0.15, -0.1) is 0 Å². The standard InChI is InChI=1S/C9H12N2O7S2/c10-19(15,16)6-2-1-3-7(4-6)20(17,18)11-8(5-12)9(13)14/h1-4,8,11-12H,5H2,(H,13,14)(H2,10,15,16)/t8-/m0/s1. The lowest BCUT2D eigenvalue weighted by molar-refractivity contribution is -0.139. The van der Waals surface area contributed by atoms with Gasteiger partial charge in [0.2, 0.25) is 20.0 Å². The first-order valence-electron chi connectivity index (χ1n) is 5.07. The number of primary sulfonamides is 1. The molecule has 0 aromatic heterocycles. The van der Waals surface area contributed by atoms with Gasteiger partial charge in [0.05, 0.1) is 16.4 Å². The molecule has 1 atom stereocenters. The topological polar surface area (TPSA) is 164 Å². The van der Waals surface area contributed by atoms with Crippen molar-refractivity contribution in [3.63, 3.8) is 0 Å². The second kappa shape index (κ2) is 5.85. The smallest absolute Gasteiger partial charge is 0.324 e. The van der Waals surface area contributed by atoms with E-state index in [2.05, 4.69) is 0 Å². The normalized spacial score (nSPS) is 13.9. The van der Waals surface area contributed by atoms with Gasteiger partial charge < -0.3 is 10.2 Å². The number of carboxylic acid groups (broad SMARTS) is 1. The highest BCUT2D eigenvalue weighted by Gasteiger charge is 2.25. The molecule has 0 amide bonds. The van der Waals surface area contributed by atoms with Crippen LogP contribution < -0.4 is 9.86 Å². The lowest BCUT2D eigenvalue weighted by atomic mass is 10.3. The fourth-order valence-electron chi connectivity index (χ4n) is 1.24. The molecule has 9 nitrogen and oxygen atoms in total. The highest BCUT2D eigenvalue weighted by atomic mass is 32.2. The van der Waals surface area contributed by atoms with E-state index in [1.165, 1.54) is 0 Å². The minimum Gasteiger partial charge on any atom is -0.480 e. The van der Waals surface area contributed by atoms with Crippen LogP contribution in [0.25, 0.3) is 0 Å². The number of aliphatic carboxylic acids is 1. The van der Waals surface area contributed by atoms with Crippen molar-refractivity contribution in [1.82, 2.24) is 4.72 Å². The Bertz CT molecular complexity index is 712. The zero-order valence-corrected chi connectivity index (χ0v) is 11.6. The summed E-state index contributed by atoms with van der Waals surface area (Å²) in [7, 11) is -8.40. The molecule has 0 aliphatic heterocycles. The van der Waals surface area contributed by atoms with Gasteiger partial charge in [-0.1, -0.05) is 6.07 Å². The zero-order valence-electron chi connectivity index (χ0n) is 9.92. The largest absolute Gasteiger partial charge is 0.480 e. The predicted molar refractivity (Wildman–Crippen MR) is 66.6 cm³/mol. The molecule has 11 heteroatoms. The SMILES string of the molecule is NS(=O)(=O)c1cccc(S(=O)(=O)N[C@@H](CO)C(=O)O)c1. The minimum absolute atomic E-state index is 0.434. The van der Waals surface area contributed by atoms with E-state index in [0.29, 0.717) is 0 Å². The third kappa shape index (κ3) is 3.98. The molecule has 0 spiro atoms. The van der Waals surface area contributed by atoms with Crippen LogP contribution in [0, 0.1) is 0 Å². The van der Waals surface area contributed by atoms with Crippen LogP contribution in [-0.4, -0.2) is 45.7 Å². The average molecular weight is 324 g/mol. The summed E-state index contributed by atoms with van der Waals surface area (Å²) in [6, 6.07) is 2.34. The maximum absolute atomic E-state index is 11.9. The highest BCUT2D eigenvalue weighted by molar-refractivity contribution is 7.90. The Labute approximate surface area is 115 Å². The number of hydrogen-bond donors (Lipinski definition) is 4. The third-order valence-corrected chi connectivity index (χ3v) is 4.60. The summed E-state index contributed by atoms with van der Waals surface area (Å²) >= 11 is 0. The summed E-state index contributed by atoms with van der Waals surface area (Å²) in [6.45, 7) is -0.955. The molecule has 0 heterocycles. The molecule has 0 fully saturated rings. The number of nitrogens with two attached hydrogens (primary N) is 1. The van der Waals surface area contributed by atoms with Crippen molar-refractivity contribution < 1.29 is 31.8 Å². The van der Waals surface area contributed by atoms with Crippen molar-refractivity contribution in [3.8, 4) is 0 Å². The molecular formula is C9H12N2O7S2. The van der Waals surface area contributed by atoms with Crippen molar-refractivity contribution >= 4 is 26.0 Å². The van der Waals surface area contributed by atoms with Gasteiger partial charge in [-0.3, -0.25) is 4.79 Å². The first kappa shape index (κ1) is 16.5. The first-order chi connectivity index (χ1) is 9.08. The molecule has 1 rings (SSSR count). The van der Waals surface area contributed by atoms with Crippen molar-refractivity contribution in [2.24, 2.45) is 5.14 Å². The van der Waals surface area contributed by atoms with Crippen LogP contribution in [0.1, 0.15) is 0 Å². The van der Waals surface area contributed by atoms with E-state index < -0.39 is 48.5 Å². The molecule has 0 saturated carbocycles.